The molecule has 3 heteroatoms. The monoisotopic (exact) mass is 264 g/mol. The molecule has 3 nitrogen and oxygen atoms in total. The third kappa shape index (κ3) is 5.62. The summed E-state index contributed by atoms with van der Waals surface area (Å²) in [7, 11) is 5.90. The molecule has 1 aromatic carbocycles. The Balaban J connectivity index is 2.65. The van der Waals surface area contributed by atoms with Gasteiger partial charge in [0.15, 0.2) is 0 Å². The summed E-state index contributed by atoms with van der Waals surface area (Å²) >= 11 is 0. The first-order valence-electron chi connectivity index (χ1n) is 7.20. The predicted octanol–water partition coefficient (Wildman–Crippen LogP) is 3.04. The number of benzene rings is 1. The molecule has 0 fully saturated rings. The molecule has 0 atom stereocenters. The average molecular weight is 264 g/mol. The number of rotatable bonds is 9. The van der Waals surface area contributed by atoms with Gasteiger partial charge in [-0.15, -0.1) is 0 Å². The summed E-state index contributed by atoms with van der Waals surface area (Å²) in [5.41, 5.74) is 2.58. The van der Waals surface area contributed by atoms with E-state index < -0.39 is 0 Å². The fourth-order valence-electron chi connectivity index (χ4n) is 2.27. The molecule has 19 heavy (non-hydrogen) atoms. The third-order valence-electron chi connectivity index (χ3n) is 3.31. The molecule has 0 aliphatic heterocycles. The summed E-state index contributed by atoms with van der Waals surface area (Å²) in [5.74, 6) is 0.988. The molecule has 0 amide bonds. The Bertz CT molecular complexity index is 366. The van der Waals surface area contributed by atoms with Crippen LogP contribution in [0.2, 0.25) is 0 Å². The molecule has 0 unspecified atom stereocenters. The summed E-state index contributed by atoms with van der Waals surface area (Å²) in [6.07, 6.45) is 3.85. The molecule has 0 aliphatic rings. The molecule has 0 aliphatic carbocycles. The summed E-state index contributed by atoms with van der Waals surface area (Å²) in [6, 6.07) is 6.43. The molecule has 1 rings (SSSR count). The number of unbranched alkanes of at least 4 members (excludes halogenated alkanes) is 2. The SMILES string of the molecule is CCCCCN(C)Cc1cc(CNC)ccc1OC. The zero-order valence-corrected chi connectivity index (χ0v) is 12.8. The van der Waals surface area contributed by atoms with Crippen molar-refractivity contribution >= 4 is 0 Å². The number of methoxy groups -OCH3 is 1. The van der Waals surface area contributed by atoms with E-state index in [0.717, 1.165) is 25.4 Å². The lowest BCUT2D eigenvalue weighted by Crippen LogP contribution is -2.19. The molecular formula is C16H28N2O. The van der Waals surface area contributed by atoms with E-state index in [1.165, 1.54) is 30.4 Å². The molecule has 0 saturated carbocycles. The number of hydrogen-bond acceptors (Lipinski definition) is 3. The summed E-state index contributed by atoms with van der Waals surface area (Å²) in [4.78, 5) is 2.37. The van der Waals surface area contributed by atoms with E-state index in [4.69, 9.17) is 4.74 Å². The second-order valence-corrected chi connectivity index (χ2v) is 5.12. The topological polar surface area (TPSA) is 24.5 Å². The Kier molecular flexibility index (Phi) is 7.53. The molecule has 0 radical (unpaired) electrons. The number of ether oxygens (including phenoxy) is 1. The van der Waals surface area contributed by atoms with Gasteiger partial charge in [0.25, 0.3) is 0 Å². The van der Waals surface area contributed by atoms with Gasteiger partial charge in [-0.2, -0.15) is 0 Å². The molecule has 0 heterocycles. The lowest BCUT2D eigenvalue weighted by Gasteiger charge is -2.19. The van der Waals surface area contributed by atoms with Crippen LogP contribution < -0.4 is 10.1 Å². The van der Waals surface area contributed by atoms with Gasteiger partial charge >= 0.3 is 0 Å². The van der Waals surface area contributed by atoms with Crippen molar-refractivity contribution in [2.45, 2.75) is 39.3 Å². The van der Waals surface area contributed by atoms with Crippen molar-refractivity contribution in [1.29, 1.82) is 0 Å². The van der Waals surface area contributed by atoms with E-state index in [0.29, 0.717) is 0 Å². The van der Waals surface area contributed by atoms with Crippen LogP contribution in [0, 0.1) is 0 Å². The second-order valence-electron chi connectivity index (χ2n) is 5.12. The van der Waals surface area contributed by atoms with Crippen LogP contribution in [0.3, 0.4) is 0 Å². The van der Waals surface area contributed by atoms with Crippen molar-refractivity contribution in [2.24, 2.45) is 0 Å². The number of nitrogens with zero attached hydrogens (tertiary/aromatic N) is 1. The maximum atomic E-state index is 5.46. The molecule has 0 spiro atoms. The lowest BCUT2D eigenvalue weighted by atomic mass is 10.1. The predicted molar refractivity (Wildman–Crippen MR) is 81.6 cm³/mol. The standard InChI is InChI=1S/C16H28N2O/c1-5-6-7-10-18(3)13-15-11-14(12-17-2)8-9-16(15)19-4/h8-9,11,17H,5-7,10,12-13H2,1-4H3. The van der Waals surface area contributed by atoms with Gasteiger partial charge in [-0.05, 0) is 44.8 Å². The summed E-state index contributed by atoms with van der Waals surface area (Å²) < 4.78 is 5.46. The highest BCUT2D eigenvalue weighted by Gasteiger charge is 2.07. The van der Waals surface area contributed by atoms with Gasteiger partial charge in [0.2, 0.25) is 0 Å². The highest BCUT2D eigenvalue weighted by Crippen LogP contribution is 2.21. The van der Waals surface area contributed by atoms with Crippen LogP contribution in [0.5, 0.6) is 5.75 Å². The first-order valence-corrected chi connectivity index (χ1v) is 7.20. The number of nitrogens with one attached hydrogen (secondary N) is 1. The van der Waals surface area contributed by atoms with Gasteiger partial charge in [-0.25, -0.2) is 0 Å². The molecule has 0 bridgehead atoms. The fraction of sp³-hybridized carbons (Fsp3) is 0.625. The zero-order valence-electron chi connectivity index (χ0n) is 12.8. The second kappa shape index (κ2) is 8.94. The normalized spacial score (nSPS) is 11.0. The van der Waals surface area contributed by atoms with E-state index in [9.17, 15) is 0 Å². The van der Waals surface area contributed by atoms with E-state index in [2.05, 4.69) is 42.4 Å². The van der Waals surface area contributed by atoms with Gasteiger partial charge in [0.1, 0.15) is 5.75 Å². The van der Waals surface area contributed by atoms with Crippen LogP contribution in [0.4, 0.5) is 0 Å². The molecule has 1 aromatic rings. The van der Waals surface area contributed by atoms with Crippen LogP contribution in [-0.2, 0) is 13.1 Å². The Morgan fingerprint density at radius 1 is 1.26 bits per heavy atom. The van der Waals surface area contributed by atoms with Gasteiger partial charge in [0, 0.05) is 18.7 Å². The van der Waals surface area contributed by atoms with Crippen LogP contribution >= 0.6 is 0 Å². The number of hydrogen-bond donors (Lipinski definition) is 1. The largest absolute Gasteiger partial charge is 0.496 e. The van der Waals surface area contributed by atoms with Crippen LogP contribution in [0.25, 0.3) is 0 Å². The van der Waals surface area contributed by atoms with E-state index >= 15 is 0 Å². The van der Waals surface area contributed by atoms with Crippen molar-refractivity contribution in [3.8, 4) is 5.75 Å². The van der Waals surface area contributed by atoms with Crippen molar-refractivity contribution in [1.82, 2.24) is 10.2 Å². The van der Waals surface area contributed by atoms with Crippen molar-refractivity contribution in [3.05, 3.63) is 29.3 Å². The van der Waals surface area contributed by atoms with Crippen LogP contribution in [0.1, 0.15) is 37.3 Å². The molecule has 1 N–H and O–H groups in total. The first-order chi connectivity index (χ1) is 9.21. The fourth-order valence-corrected chi connectivity index (χ4v) is 2.27. The lowest BCUT2D eigenvalue weighted by molar-refractivity contribution is 0.309. The van der Waals surface area contributed by atoms with Gasteiger partial charge in [-0.3, -0.25) is 0 Å². The van der Waals surface area contributed by atoms with Gasteiger partial charge in [0.05, 0.1) is 7.11 Å². The Labute approximate surface area is 118 Å². The van der Waals surface area contributed by atoms with E-state index in [-0.39, 0.29) is 0 Å². The smallest absolute Gasteiger partial charge is 0.123 e. The summed E-state index contributed by atoms with van der Waals surface area (Å²) in [5, 5.41) is 3.19. The Morgan fingerprint density at radius 3 is 2.68 bits per heavy atom. The van der Waals surface area contributed by atoms with Crippen LogP contribution in [0.15, 0.2) is 18.2 Å². The van der Waals surface area contributed by atoms with Crippen LogP contribution in [-0.4, -0.2) is 32.6 Å². The minimum atomic E-state index is 0.899. The van der Waals surface area contributed by atoms with E-state index in [1.807, 2.05) is 7.05 Å². The minimum absolute atomic E-state index is 0.899. The highest BCUT2D eigenvalue weighted by atomic mass is 16.5. The molecular weight excluding hydrogens is 236 g/mol. The highest BCUT2D eigenvalue weighted by molar-refractivity contribution is 5.37. The summed E-state index contributed by atoms with van der Waals surface area (Å²) in [6.45, 7) is 5.23. The average Bonchev–Trinajstić information content (AvgIpc) is 2.40. The van der Waals surface area contributed by atoms with Crippen molar-refractivity contribution < 1.29 is 4.74 Å². The Morgan fingerprint density at radius 2 is 2.05 bits per heavy atom. The van der Waals surface area contributed by atoms with Crippen molar-refractivity contribution in [3.63, 3.8) is 0 Å². The van der Waals surface area contributed by atoms with E-state index in [1.54, 1.807) is 7.11 Å². The molecule has 0 saturated heterocycles. The van der Waals surface area contributed by atoms with Crippen molar-refractivity contribution in [2.75, 3.05) is 27.7 Å². The Hall–Kier alpha value is -1.06. The molecule has 108 valence electrons. The first kappa shape index (κ1) is 16.0. The maximum absolute atomic E-state index is 5.46. The molecule has 0 aromatic heterocycles. The van der Waals surface area contributed by atoms with Gasteiger partial charge in [-0.1, -0.05) is 25.8 Å². The quantitative estimate of drug-likeness (QED) is 0.694. The van der Waals surface area contributed by atoms with Gasteiger partial charge < -0.3 is 15.0 Å². The zero-order chi connectivity index (χ0) is 14.1. The maximum Gasteiger partial charge on any atom is 0.123 e. The minimum Gasteiger partial charge on any atom is -0.496 e. The third-order valence-corrected chi connectivity index (χ3v) is 3.31.